The number of hydrogen-bond donors (Lipinski definition) is 1. The van der Waals surface area contributed by atoms with Crippen LogP contribution in [0.4, 0.5) is 0 Å². The molecule has 1 N–H and O–H groups in total. The number of H-pyrrole nitrogens is 1. The summed E-state index contributed by atoms with van der Waals surface area (Å²) in [6.45, 7) is 1.98. The molecule has 0 spiro atoms. The lowest BCUT2D eigenvalue weighted by Crippen LogP contribution is -2.12. The Bertz CT molecular complexity index is 578. The summed E-state index contributed by atoms with van der Waals surface area (Å²) in [5.41, 5.74) is 1.74. The van der Waals surface area contributed by atoms with Crippen LogP contribution in [-0.2, 0) is 12.8 Å². The van der Waals surface area contributed by atoms with Crippen molar-refractivity contribution in [1.29, 1.82) is 0 Å². The van der Waals surface area contributed by atoms with Crippen molar-refractivity contribution in [3.05, 3.63) is 62.8 Å². The molecular formula is C13H13ClN2O. The maximum atomic E-state index is 11.4. The summed E-state index contributed by atoms with van der Waals surface area (Å²) in [6, 6.07) is 9.08. The van der Waals surface area contributed by atoms with Gasteiger partial charge in [0.15, 0.2) is 0 Å². The quantitative estimate of drug-likeness (QED) is 0.908. The minimum atomic E-state index is -0.103. The Morgan fingerprint density at radius 2 is 2.18 bits per heavy atom. The predicted molar refractivity (Wildman–Crippen MR) is 68.5 cm³/mol. The summed E-state index contributed by atoms with van der Waals surface area (Å²) in [5.74, 6) is 0.677. The Morgan fingerprint density at radius 3 is 2.88 bits per heavy atom. The summed E-state index contributed by atoms with van der Waals surface area (Å²) < 4.78 is 0. The lowest BCUT2D eigenvalue weighted by Gasteiger charge is -2.03. The third kappa shape index (κ3) is 3.17. The minimum absolute atomic E-state index is 0.103. The van der Waals surface area contributed by atoms with Crippen LogP contribution in [0.25, 0.3) is 0 Å². The molecule has 17 heavy (non-hydrogen) atoms. The fraction of sp³-hybridized carbons (Fsp3) is 0.231. The maximum Gasteiger partial charge on any atom is 0.251 e. The summed E-state index contributed by atoms with van der Waals surface area (Å²) >= 11 is 5.91. The van der Waals surface area contributed by atoms with Gasteiger partial charge >= 0.3 is 0 Å². The third-order valence-corrected chi connectivity index (χ3v) is 2.70. The van der Waals surface area contributed by atoms with Crippen LogP contribution < -0.4 is 5.56 Å². The number of aryl methyl sites for hydroxylation is 1. The van der Waals surface area contributed by atoms with Gasteiger partial charge in [-0.25, -0.2) is 4.98 Å². The molecule has 1 aromatic heterocycles. The van der Waals surface area contributed by atoms with Crippen molar-refractivity contribution in [2.24, 2.45) is 0 Å². The van der Waals surface area contributed by atoms with Gasteiger partial charge in [-0.3, -0.25) is 4.79 Å². The first-order valence-corrected chi connectivity index (χ1v) is 5.88. The largest absolute Gasteiger partial charge is 0.310 e. The standard InChI is InChI=1S/C13H13ClN2O/c1-2-11-8-13(17)16-12(15-11)7-9-4-3-5-10(14)6-9/h3-6,8H,2,7H2,1H3,(H,15,16,17). The van der Waals surface area contributed by atoms with E-state index >= 15 is 0 Å². The maximum absolute atomic E-state index is 11.4. The van der Waals surface area contributed by atoms with E-state index in [4.69, 9.17) is 11.6 Å². The zero-order chi connectivity index (χ0) is 12.3. The fourth-order valence-electron chi connectivity index (χ4n) is 1.67. The lowest BCUT2D eigenvalue weighted by atomic mass is 10.1. The van der Waals surface area contributed by atoms with E-state index < -0.39 is 0 Å². The molecule has 0 amide bonds. The highest BCUT2D eigenvalue weighted by atomic mass is 35.5. The van der Waals surface area contributed by atoms with Crippen molar-refractivity contribution in [2.45, 2.75) is 19.8 Å². The van der Waals surface area contributed by atoms with Gasteiger partial charge in [0, 0.05) is 23.2 Å². The Labute approximate surface area is 104 Å². The Hall–Kier alpha value is -1.61. The van der Waals surface area contributed by atoms with Crippen molar-refractivity contribution >= 4 is 11.6 Å². The van der Waals surface area contributed by atoms with Gasteiger partial charge in [-0.2, -0.15) is 0 Å². The third-order valence-electron chi connectivity index (χ3n) is 2.47. The molecule has 0 bridgehead atoms. The van der Waals surface area contributed by atoms with Gasteiger partial charge in [0.1, 0.15) is 5.82 Å². The number of aromatic amines is 1. The molecule has 0 saturated carbocycles. The van der Waals surface area contributed by atoms with E-state index in [-0.39, 0.29) is 5.56 Å². The molecule has 1 heterocycles. The highest BCUT2D eigenvalue weighted by molar-refractivity contribution is 6.30. The molecular weight excluding hydrogens is 236 g/mol. The van der Waals surface area contributed by atoms with Crippen LogP contribution in [0.15, 0.2) is 35.1 Å². The number of halogens is 1. The Kier molecular flexibility index (Phi) is 3.59. The first-order valence-electron chi connectivity index (χ1n) is 5.51. The van der Waals surface area contributed by atoms with Crippen molar-refractivity contribution < 1.29 is 0 Å². The monoisotopic (exact) mass is 248 g/mol. The summed E-state index contributed by atoms with van der Waals surface area (Å²) in [7, 11) is 0. The van der Waals surface area contributed by atoms with Gasteiger partial charge in [0.2, 0.25) is 0 Å². The SMILES string of the molecule is CCc1cc(=O)[nH]c(Cc2cccc(Cl)c2)n1. The van der Waals surface area contributed by atoms with E-state index in [9.17, 15) is 4.79 Å². The molecule has 88 valence electrons. The van der Waals surface area contributed by atoms with Crippen LogP contribution in [0.2, 0.25) is 5.02 Å². The number of nitrogens with one attached hydrogen (secondary N) is 1. The van der Waals surface area contributed by atoms with E-state index in [1.54, 1.807) is 0 Å². The molecule has 2 rings (SSSR count). The molecule has 0 radical (unpaired) electrons. The summed E-state index contributed by atoms with van der Waals surface area (Å²) in [6.07, 6.45) is 1.34. The number of aromatic nitrogens is 2. The fourth-order valence-corrected chi connectivity index (χ4v) is 1.88. The average Bonchev–Trinajstić information content (AvgIpc) is 2.28. The van der Waals surface area contributed by atoms with Gasteiger partial charge in [-0.1, -0.05) is 30.7 Å². The first-order chi connectivity index (χ1) is 8.17. The van der Waals surface area contributed by atoms with Crippen LogP contribution in [0, 0.1) is 0 Å². The van der Waals surface area contributed by atoms with E-state index in [0.29, 0.717) is 17.3 Å². The van der Waals surface area contributed by atoms with Crippen molar-refractivity contribution in [3.63, 3.8) is 0 Å². The summed E-state index contributed by atoms with van der Waals surface area (Å²) in [4.78, 5) is 18.5. The zero-order valence-corrected chi connectivity index (χ0v) is 10.3. The molecule has 1 aromatic carbocycles. The molecule has 3 nitrogen and oxygen atoms in total. The number of nitrogens with zero attached hydrogens (tertiary/aromatic N) is 1. The number of hydrogen-bond acceptors (Lipinski definition) is 2. The van der Waals surface area contributed by atoms with E-state index in [1.807, 2.05) is 31.2 Å². The lowest BCUT2D eigenvalue weighted by molar-refractivity contribution is 0.888. The number of benzene rings is 1. The average molecular weight is 249 g/mol. The van der Waals surface area contributed by atoms with Crippen LogP contribution in [-0.4, -0.2) is 9.97 Å². The highest BCUT2D eigenvalue weighted by Gasteiger charge is 2.02. The minimum Gasteiger partial charge on any atom is -0.310 e. The summed E-state index contributed by atoms with van der Waals surface area (Å²) in [5, 5.41) is 0.691. The van der Waals surface area contributed by atoms with E-state index in [2.05, 4.69) is 9.97 Å². The molecule has 0 atom stereocenters. The normalized spacial score (nSPS) is 10.5. The molecule has 0 aliphatic rings. The Balaban J connectivity index is 2.29. The second-order valence-corrected chi connectivity index (χ2v) is 4.28. The van der Waals surface area contributed by atoms with Crippen LogP contribution >= 0.6 is 11.6 Å². The van der Waals surface area contributed by atoms with Gasteiger partial charge in [-0.05, 0) is 24.1 Å². The van der Waals surface area contributed by atoms with Gasteiger partial charge in [0.05, 0.1) is 0 Å². The van der Waals surface area contributed by atoms with Gasteiger partial charge < -0.3 is 4.98 Å². The zero-order valence-electron chi connectivity index (χ0n) is 9.53. The van der Waals surface area contributed by atoms with Crippen molar-refractivity contribution in [2.75, 3.05) is 0 Å². The highest BCUT2D eigenvalue weighted by Crippen LogP contribution is 2.12. The van der Waals surface area contributed by atoms with E-state index in [1.165, 1.54) is 6.07 Å². The molecule has 0 saturated heterocycles. The molecule has 0 aliphatic carbocycles. The van der Waals surface area contributed by atoms with Crippen LogP contribution in [0.5, 0.6) is 0 Å². The predicted octanol–water partition coefficient (Wildman–Crippen LogP) is 2.58. The molecule has 0 fully saturated rings. The van der Waals surface area contributed by atoms with Gasteiger partial charge in [-0.15, -0.1) is 0 Å². The van der Waals surface area contributed by atoms with E-state index in [0.717, 1.165) is 17.7 Å². The van der Waals surface area contributed by atoms with Crippen LogP contribution in [0.3, 0.4) is 0 Å². The van der Waals surface area contributed by atoms with Gasteiger partial charge in [0.25, 0.3) is 5.56 Å². The van der Waals surface area contributed by atoms with Crippen molar-refractivity contribution in [1.82, 2.24) is 9.97 Å². The number of rotatable bonds is 3. The topological polar surface area (TPSA) is 45.8 Å². The molecule has 0 unspecified atom stereocenters. The van der Waals surface area contributed by atoms with Crippen LogP contribution in [0.1, 0.15) is 24.0 Å². The second kappa shape index (κ2) is 5.15. The Morgan fingerprint density at radius 1 is 1.35 bits per heavy atom. The molecule has 0 aliphatic heterocycles. The second-order valence-electron chi connectivity index (χ2n) is 3.84. The molecule has 4 heteroatoms. The smallest absolute Gasteiger partial charge is 0.251 e. The molecule has 2 aromatic rings. The van der Waals surface area contributed by atoms with Crippen molar-refractivity contribution in [3.8, 4) is 0 Å². The first kappa shape index (κ1) is 11.9.